The zero-order valence-corrected chi connectivity index (χ0v) is 24.2. The monoisotopic (exact) mass is 578 g/mol. The van der Waals surface area contributed by atoms with Gasteiger partial charge in [-0.2, -0.15) is 0 Å². The van der Waals surface area contributed by atoms with Gasteiger partial charge in [0, 0.05) is 0 Å². The number of aromatic nitrogens is 1. The van der Waals surface area contributed by atoms with Gasteiger partial charge in [-0.3, -0.25) is 9.36 Å². The van der Waals surface area contributed by atoms with Crippen molar-refractivity contribution in [3.63, 3.8) is 0 Å². The highest BCUT2D eigenvalue weighted by atomic mass is 32.1. The van der Waals surface area contributed by atoms with Crippen LogP contribution in [-0.4, -0.2) is 24.3 Å². The topological polar surface area (TPSA) is 79.1 Å². The third-order valence-electron chi connectivity index (χ3n) is 6.65. The van der Waals surface area contributed by atoms with Crippen LogP contribution in [0.5, 0.6) is 11.5 Å². The number of allylic oxidation sites excluding steroid dienone is 2. The van der Waals surface area contributed by atoms with Crippen molar-refractivity contribution < 1.29 is 19.0 Å². The van der Waals surface area contributed by atoms with Crippen molar-refractivity contribution >= 4 is 29.5 Å². The van der Waals surface area contributed by atoms with Crippen LogP contribution in [0, 0.1) is 0 Å². The van der Waals surface area contributed by atoms with E-state index in [1.807, 2.05) is 78.9 Å². The number of carbonyl (C=O) groups excluding carboxylic acids is 1. The molecule has 0 radical (unpaired) electrons. The first-order valence-electron chi connectivity index (χ1n) is 13.4. The summed E-state index contributed by atoms with van der Waals surface area (Å²) in [5, 5.41) is 0. The predicted octanol–water partition coefficient (Wildman–Crippen LogP) is 5.22. The summed E-state index contributed by atoms with van der Waals surface area (Å²) < 4.78 is 19.2. The van der Waals surface area contributed by atoms with E-state index in [4.69, 9.17) is 14.2 Å². The van der Waals surface area contributed by atoms with Crippen LogP contribution in [0.2, 0.25) is 0 Å². The molecule has 5 rings (SSSR count). The standard InChI is InChI=1S/C34H30N2O5S/c1-4-20-40-33(38)30-23(2)35-34-36(32(37)29(42-34)17-11-16-24-12-7-5-8-13-24)31(30)26-18-19-27(28(21-26)39-3)41-22-25-14-9-6-10-15-25/h4-19,21,31H,1,20,22H2,2-3H3. The Morgan fingerprint density at radius 3 is 2.50 bits per heavy atom. The second-order valence-corrected chi connectivity index (χ2v) is 10.5. The van der Waals surface area contributed by atoms with Crippen LogP contribution in [0.25, 0.3) is 12.2 Å². The summed E-state index contributed by atoms with van der Waals surface area (Å²) in [6.07, 6.45) is 7.03. The van der Waals surface area contributed by atoms with Gasteiger partial charge in [0.1, 0.15) is 13.2 Å². The van der Waals surface area contributed by atoms with E-state index in [0.29, 0.717) is 38.7 Å². The van der Waals surface area contributed by atoms with E-state index >= 15 is 0 Å². The smallest absolute Gasteiger partial charge is 0.338 e. The second kappa shape index (κ2) is 13.1. The highest BCUT2D eigenvalue weighted by Crippen LogP contribution is 2.36. The minimum absolute atomic E-state index is 0.0343. The maximum Gasteiger partial charge on any atom is 0.338 e. The summed E-state index contributed by atoms with van der Waals surface area (Å²) in [5.74, 6) is 0.452. The van der Waals surface area contributed by atoms with Crippen molar-refractivity contribution in [1.29, 1.82) is 0 Å². The van der Waals surface area contributed by atoms with Crippen molar-refractivity contribution in [2.45, 2.75) is 19.6 Å². The van der Waals surface area contributed by atoms with Crippen LogP contribution in [0.3, 0.4) is 0 Å². The SMILES string of the molecule is C=CCOC(=O)C1=C(C)N=c2sc(=CC=Cc3ccccc3)c(=O)n2C1c1ccc(OCc2ccccc2)c(OC)c1. The Balaban J connectivity index is 1.57. The number of methoxy groups -OCH3 is 1. The van der Waals surface area contributed by atoms with E-state index in [1.165, 1.54) is 17.4 Å². The van der Waals surface area contributed by atoms with E-state index in [2.05, 4.69) is 11.6 Å². The molecule has 0 saturated carbocycles. The number of thiazole rings is 1. The third kappa shape index (κ3) is 6.19. The summed E-state index contributed by atoms with van der Waals surface area (Å²) in [7, 11) is 1.55. The Bertz CT molecular complexity index is 1840. The molecule has 4 aromatic rings. The maximum absolute atomic E-state index is 13.8. The van der Waals surface area contributed by atoms with Gasteiger partial charge in [-0.05, 0) is 41.8 Å². The Morgan fingerprint density at radius 1 is 1.05 bits per heavy atom. The Hall–Kier alpha value is -4.95. The summed E-state index contributed by atoms with van der Waals surface area (Å²) in [6, 6.07) is 24.3. The van der Waals surface area contributed by atoms with E-state index in [-0.39, 0.29) is 17.7 Å². The molecule has 1 unspecified atom stereocenters. The highest BCUT2D eigenvalue weighted by molar-refractivity contribution is 7.07. The number of ether oxygens (including phenoxy) is 3. The Kier molecular flexibility index (Phi) is 8.94. The van der Waals surface area contributed by atoms with Gasteiger partial charge in [0.05, 0.1) is 29.0 Å². The molecule has 0 N–H and O–H groups in total. The molecule has 8 heteroatoms. The minimum atomic E-state index is -0.782. The average molecular weight is 579 g/mol. The van der Waals surface area contributed by atoms with Crippen molar-refractivity contribution in [2.75, 3.05) is 13.7 Å². The van der Waals surface area contributed by atoms with Gasteiger partial charge in [-0.15, -0.1) is 0 Å². The molecule has 0 fully saturated rings. The van der Waals surface area contributed by atoms with Crippen LogP contribution >= 0.6 is 11.3 Å². The number of nitrogens with zero attached hydrogens (tertiary/aromatic N) is 2. The zero-order valence-electron chi connectivity index (χ0n) is 23.4. The highest BCUT2D eigenvalue weighted by Gasteiger charge is 2.34. The molecule has 0 bridgehead atoms. The van der Waals surface area contributed by atoms with E-state index in [0.717, 1.165) is 11.1 Å². The molecule has 2 heterocycles. The lowest BCUT2D eigenvalue weighted by atomic mass is 9.95. The lowest BCUT2D eigenvalue weighted by Crippen LogP contribution is -2.39. The van der Waals surface area contributed by atoms with Crippen LogP contribution < -0.4 is 24.4 Å². The molecule has 1 atom stereocenters. The van der Waals surface area contributed by atoms with Crippen molar-refractivity contribution in [3.05, 3.63) is 145 Å². The molecule has 212 valence electrons. The fourth-order valence-corrected chi connectivity index (χ4v) is 5.64. The summed E-state index contributed by atoms with van der Waals surface area (Å²) >= 11 is 1.27. The van der Waals surface area contributed by atoms with Gasteiger partial charge in [0.2, 0.25) is 0 Å². The first kappa shape index (κ1) is 28.6. The fourth-order valence-electron chi connectivity index (χ4n) is 4.64. The van der Waals surface area contributed by atoms with Crippen molar-refractivity contribution in [2.24, 2.45) is 4.99 Å². The lowest BCUT2D eigenvalue weighted by molar-refractivity contribution is -0.138. The van der Waals surface area contributed by atoms with Crippen LogP contribution in [0.1, 0.15) is 29.7 Å². The molecule has 3 aromatic carbocycles. The average Bonchev–Trinajstić information content (AvgIpc) is 3.33. The van der Waals surface area contributed by atoms with Gasteiger partial charge >= 0.3 is 5.97 Å². The molecular formula is C34H30N2O5S. The molecule has 0 spiro atoms. The molecule has 7 nitrogen and oxygen atoms in total. The fraction of sp³-hybridized carbons (Fsp3) is 0.147. The summed E-state index contributed by atoms with van der Waals surface area (Å²) in [6.45, 7) is 5.78. The van der Waals surface area contributed by atoms with Crippen LogP contribution in [0.15, 0.2) is 119 Å². The quantitative estimate of drug-likeness (QED) is 0.191. The van der Waals surface area contributed by atoms with Crippen molar-refractivity contribution in [3.8, 4) is 11.5 Å². The van der Waals surface area contributed by atoms with E-state index in [1.54, 1.807) is 36.8 Å². The number of fused-ring (bicyclic) bond motifs is 1. The van der Waals surface area contributed by atoms with Gasteiger partial charge in [-0.25, -0.2) is 9.79 Å². The van der Waals surface area contributed by atoms with E-state index in [9.17, 15) is 9.59 Å². The second-order valence-electron chi connectivity index (χ2n) is 9.45. The molecule has 1 aliphatic rings. The number of hydrogen-bond acceptors (Lipinski definition) is 7. The molecule has 0 aliphatic carbocycles. The Morgan fingerprint density at radius 2 is 1.79 bits per heavy atom. The number of rotatable bonds is 10. The normalized spacial score (nSPS) is 14.8. The molecular weight excluding hydrogens is 548 g/mol. The van der Waals surface area contributed by atoms with Crippen LogP contribution in [-0.2, 0) is 16.1 Å². The zero-order chi connectivity index (χ0) is 29.5. The molecule has 0 amide bonds. The number of hydrogen-bond donors (Lipinski definition) is 0. The first-order chi connectivity index (χ1) is 20.5. The third-order valence-corrected chi connectivity index (χ3v) is 7.65. The summed E-state index contributed by atoms with van der Waals surface area (Å²) in [5.41, 5.74) is 3.19. The molecule has 1 aromatic heterocycles. The number of benzene rings is 3. The maximum atomic E-state index is 13.8. The number of esters is 1. The number of carbonyl (C=O) groups is 1. The predicted molar refractivity (Wildman–Crippen MR) is 165 cm³/mol. The van der Waals surface area contributed by atoms with Crippen LogP contribution in [0.4, 0.5) is 0 Å². The van der Waals surface area contributed by atoms with Gasteiger partial charge in [-0.1, -0.05) is 103 Å². The van der Waals surface area contributed by atoms with E-state index < -0.39 is 12.0 Å². The van der Waals surface area contributed by atoms with Gasteiger partial charge in [0.15, 0.2) is 16.3 Å². The largest absolute Gasteiger partial charge is 0.493 e. The van der Waals surface area contributed by atoms with Gasteiger partial charge in [0.25, 0.3) is 5.56 Å². The minimum Gasteiger partial charge on any atom is -0.493 e. The first-order valence-corrected chi connectivity index (χ1v) is 14.2. The Labute approximate surface area is 247 Å². The van der Waals surface area contributed by atoms with Crippen molar-refractivity contribution in [1.82, 2.24) is 4.57 Å². The molecule has 42 heavy (non-hydrogen) atoms. The summed E-state index contributed by atoms with van der Waals surface area (Å²) in [4.78, 5) is 32.3. The molecule has 1 aliphatic heterocycles. The lowest BCUT2D eigenvalue weighted by Gasteiger charge is -2.25. The van der Waals surface area contributed by atoms with Gasteiger partial charge < -0.3 is 14.2 Å². The molecule has 0 saturated heterocycles.